The van der Waals surface area contributed by atoms with Crippen LogP contribution in [0.4, 0.5) is 0 Å². The predicted octanol–water partition coefficient (Wildman–Crippen LogP) is 2.64. The van der Waals surface area contributed by atoms with Crippen LogP contribution < -0.4 is 9.47 Å². The number of hydrogen-bond donors (Lipinski definition) is 1. The first kappa shape index (κ1) is 13.0. The number of para-hydroxylation sites is 1. The molecule has 0 amide bonds. The lowest BCUT2D eigenvalue weighted by Crippen LogP contribution is -2.06. The molecule has 0 aliphatic carbocycles. The van der Waals surface area contributed by atoms with E-state index in [1.54, 1.807) is 36.4 Å². The Balaban J connectivity index is 2.58. The van der Waals surface area contributed by atoms with Gasteiger partial charge in [0, 0.05) is 0 Å². The van der Waals surface area contributed by atoms with Crippen LogP contribution in [0.2, 0.25) is 0 Å². The van der Waals surface area contributed by atoms with Crippen molar-refractivity contribution in [3.05, 3.63) is 53.6 Å². The van der Waals surface area contributed by atoms with Crippen LogP contribution in [0.3, 0.4) is 0 Å². The van der Waals surface area contributed by atoms with Gasteiger partial charge in [-0.3, -0.25) is 4.79 Å². The van der Waals surface area contributed by atoms with Gasteiger partial charge in [-0.2, -0.15) is 0 Å². The Morgan fingerprint density at radius 3 is 2.05 bits per heavy atom. The quantitative estimate of drug-likeness (QED) is 0.856. The number of benzene rings is 2. The zero-order valence-corrected chi connectivity index (χ0v) is 10.7. The monoisotopic (exact) mass is 258 g/mol. The first-order chi connectivity index (χ1) is 9.19. The number of rotatable bonds is 4. The molecule has 0 fully saturated rings. The van der Waals surface area contributed by atoms with E-state index in [0.717, 1.165) is 0 Å². The van der Waals surface area contributed by atoms with Gasteiger partial charge >= 0.3 is 0 Å². The Labute approximate surface area is 111 Å². The lowest BCUT2D eigenvalue weighted by molar-refractivity contribution is 0.103. The number of carbonyl (C=O) groups excluding carboxylic acids is 1. The molecule has 1 N–H and O–H groups in total. The summed E-state index contributed by atoms with van der Waals surface area (Å²) in [5.41, 5.74) is 0.513. The summed E-state index contributed by atoms with van der Waals surface area (Å²) in [4.78, 5) is 12.5. The van der Waals surface area contributed by atoms with Gasteiger partial charge in [-0.15, -0.1) is 0 Å². The van der Waals surface area contributed by atoms with Gasteiger partial charge in [0.25, 0.3) is 0 Å². The second kappa shape index (κ2) is 5.44. The summed E-state index contributed by atoms with van der Waals surface area (Å²) >= 11 is 0. The molecule has 4 heteroatoms. The smallest absolute Gasteiger partial charge is 0.204 e. The maximum atomic E-state index is 12.5. The molecule has 2 aromatic rings. The van der Waals surface area contributed by atoms with Crippen molar-refractivity contribution in [3.63, 3.8) is 0 Å². The Hall–Kier alpha value is -2.49. The Morgan fingerprint density at radius 2 is 1.53 bits per heavy atom. The van der Waals surface area contributed by atoms with Crippen LogP contribution in [0.5, 0.6) is 17.2 Å². The Bertz CT molecular complexity index is 583. The van der Waals surface area contributed by atoms with E-state index in [1.807, 2.05) is 0 Å². The summed E-state index contributed by atoms with van der Waals surface area (Å²) in [6.45, 7) is 0. The second-order valence-electron chi connectivity index (χ2n) is 3.88. The van der Waals surface area contributed by atoms with Crippen LogP contribution in [-0.4, -0.2) is 25.1 Å². The van der Waals surface area contributed by atoms with Crippen LogP contribution in [0.15, 0.2) is 42.5 Å². The van der Waals surface area contributed by atoms with Crippen molar-refractivity contribution in [1.82, 2.24) is 0 Å². The predicted molar refractivity (Wildman–Crippen MR) is 71.1 cm³/mol. The van der Waals surface area contributed by atoms with E-state index in [0.29, 0.717) is 17.1 Å². The van der Waals surface area contributed by atoms with Crippen molar-refractivity contribution in [3.8, 4) is 17.2 Å². The van der Waals surface area contributed by atoms with E-state index in [2.05, 4.69) is 0 Å². The van der Waals surface area contributed by atoms with E-state index in [4.69, 9.17) is 9.47 Å². The number of phenolic OH excluding ortho intramolecular Hbond substituents is 1. The highest BCUT2D eigenvalue weighted by Gasteiger charge is 2.21. The summed E-state index contributed by atoms with van der Waals surface area (Å²) in [6.07, 6.45) is 0. The van der Waals surface area contributed by atoms with Gasteiger partial charge in [0.2, 0.25) is 5.78 Å². The normalized spacial score (nSPS) is 10.0. The highest BCUT2D eigenvalue weighted by Crippen LogP contribution is 2.32. The number of ether oxygens (including phenoxy) is 2. The number of hydrogen-bond acceptors (Lipinski definition) is 4. The molecule has 98 valence electrons. The number of methoxy groups -OCH3 is 2. The largest absolute Gasteiger partial charge is 0.507 e. The lowest BCUT2D eigenvalue weighted by atomic mass is 10.0. The van der Waals surface area contributed by atoms with Gasteiger partial charge in [-0.1, -0.05) is 18.2 Å². The Kier molecular flexibility index (Phi) is 3.71. The maximum Gasteiger partial charge on any atom is 0.204 e. The second-order valence-corrected chi connectivity index (χ2v) is 3.88. The molecule has 19 heavy (non-hydrogen) atoms. The molecule has 0 aliphatic rings. The molecule has 0 aliphatic heterocycles. The van der Waals surface area contributed by atoms with Crippen molar-refractivity contribution in [2.45, 2.75) is 0 Å². The first-order valence-electron chi connectivity index (χ1n) is 5.72. The van der Waals surface area contributed by atoms with Crippen molar-refractivity contribution in [2.75, 3.05) is 14.2 Å². The molecule has 0 heterocycles. The maximum absolute atomic E-state index is 12.5. The standard InChI is InChI=1S/C15H14O4/c1-18-12-8-5-9-13(19-2)14(12)15(17)10-6-3-4-7-11(10)16/h3-9,16H,1-2H3. The third-order valence-corrected chi connectivity index (χ3v) is 2.80. The number of aromatic hydroxyl groups is 1. The first-order valence-corrected chi connectivity index (χ1v) is 5.72. The minimum Gasteiger partial charge on any atom is -0.507 e. The molecular weight excluding hydrogens is 244 g/mol. The minimum atomic E-state index is -0.340. The topological polar surface area (TPSA) is 55.8 Å². The average molecular weight is 258 g/mol. The molecule has 0 saturated carbocycles. The van der Waals surface area contributed by atoms with Gasteiger partial charge in [-0.25, -0.2) is 0 Å². The summed E-state index contributed by atoms with van der Waals surface area (Å²) in [5, 5.41) is 9.77. The van der Waals surface area contributed by atoms with E-state index in [9.17, 15) is 9.90 Å². The molecule has 0 unspecified atom stereocenters. The molecule has 0 radical (unpaired) electrons. The fourth-order valence-electron chi connectivity index (χ4n) is 1.88. The van der Waals surface area contributed by atoms with Crippen LogP contribution >= 0.6 is 0 Å². The fourth-order valence-corrected chi connectivity index (χ4v) is 1.88. The third-order valence-electron chi connectivity index (χ3n) is 2.80. The van der Waals surface area contributed by atoms with Crippen LogP contribution in [0, 0.1) is 0 Å². The summed E-state index contributed by atoms with van der Waals surface area (Å²) in [7, 11) is 2.97. The highest BCUT2D eigenvalue weighted by atomic mass is 16.5. The van der Waals surface area contributed by atoms with E-state index < -0.39 is 0 Å². The molecule has 2 rings (SSSR count). The van der Waals surface area contributed by atoms with Crippen LogP contribution in [-0.2, 0) is 0 Å². The van der Waals surface area contributed by atoms with Crippen molar-refractivity contribution < 1.29 is 19.4 Å². The summed E-state index contributed by atoms with van der Waals surface area (Å²) in [5.74, 6) is 0.410. The summed E-state index contributed by atoms with van der Waals surface area (Å²) < 4.78 is 10.4. The highest BCUT2D eigenvalue weighted by molar-refractivity contribution is 6.14. The van der Waals surface area contributed by atoms with Gasteiger partial charge in [0.15, 0.2) is 0 Å². The van der Waals surface area contributed by atoms with Gasteiger partial charge in [-0.05, 0) is 24.3 Å². The molecule has 0 aromatic heterocycles. The fraction of sp³-hybridized carbons (Fsp3) is 0.133. The number of ketones is 1. The molecule has 4 nitrogen and oxygen atoms in total. The lowest BCUT2D eigenvalue weighted by Gasteiger charge is -2.12. The molecule has 0 spiro atoms. The Morgan fingerprint density at radius 1 is 0.947 bits per heavy atom. The van der Waals surface area contributed by atoms with Crippen LogP contribution in [0.1, 0.15) is 15.9 Å². The van der Waals surface area contributed by atoms with E-state index >= 15 is 0 Å². The SMILES string of the molecule is COc1cccc(OC)c1C(=O)c1ccccc1O. The summed E-state index contributed by atoms with van der Waals surface area (Å²) in [6, 6.07) is 11.5. The van der Waals surface area contributed by atoms with Gasteiger partial charge in [0.05, 0.1) is 19.8 Å². The van der Waals surface area contributed by atoms with Gasteiger partial charge < -0.3 is 14.6 Å². The zero-order valence-electron chi connectivity index (χ0n) is 10.7. The number of phenols is 1. The van der Waals surface area contributed by atoms with Crippen molar-refractivity contribution in [1.29, 1.82) is 0 Å². The minimum absolute atomic E-state index is 0.0690. The molecule has 0 bridgehead atoms. The molecule has 2 aromatic carbocycles. The molecular formula is C15H14O4. The van der Waals surface area contributed by atoms with E-state index in [-0.39, 0.29) is 17.1 Å². The molecule has 0 saturated heterocycles. The van der Waals surface area contributed by atoms with E-state index in [1.165, 1.54) is 20.3 Å². The average Bonchev–Trinajstić information content (AvgIpc) is 2.46. The van der Waals surface area contributed by atoms with Crippen LogP contribution in [0.25, 0.3) is 0 Å². The number of carbonyl (C=O) groups is 1. The molecule has 0 atom stereocenters. The van der Waals surface area contributed by atoms with Crippen molar-refractivity contribution >= 4 is 5.78 Å². The van der Waals surface area contributed by atoms with Gasteiger partial charge in [0.1, 0.15) is 22.8 Å². The zero-order chi connectivity index (χ0) is 13.8. The van der Waals surface area contributed by atoms with Crippen molar-refractivity contribution in [2.24, 2.45) is 0 Å². The third kappa shape index (κ3) is 2.38.